The summed E-state index contributed by atoms with van der Waals surface area (Å²) in [5.41, 5.74) is 2.60. The van der Waals surface area contributed by atoms with Crippen LogP contribution in [0.3, 0.4) is 0 Å². The molecule has 0 atom stereocenters. The molecule has 0 amide bonds. The van der Waals surface area contributed by atoms with Gasteiger partial charge in [0.25, 0.3) is 0 Å². The first-order valence-corrected chi connectivity index (χ1v) is 8.86. The summed E-state index contributed by atoms with van der Waals surface area (Å²) >= 11 is 4.55. The van der Waals surface area contributed by atoms with Crippen molar-refractivity contribution < 1.29 is 0 Å². The maximum atomic E-state index is 4.55. The molecule has 1 aromatic heterocycles. The molecule has 2 rings (SSSR count). The highest BCUT2D eigenvalue weighted by molar-refractivity contribution is 14.1. The number of nitrogens with zero attached hydrogens (tertiary/aromatic N) is 1. The largest absolute Gasteiger partial charge is 0.333 e. The molecule has 2 aromatic rings. The van der Waals surface area contributed by atoms with Crippen LogP contribution in [0.1, 0.15) is 38.2 Å². The molecule has 0 saturated heterocycles. The number of aryl methyl sites for hydroxylation is 1. The minimum Gasteiger partial charge on any atom is -0.333 e. The van der Waals surface area contributed by atoms with Crippen LogP contribution in [0.25, 0.3) is 11.4 Å². The van der Waals surface area contributed by atoms with Crippen LogP contribution in [0, 0.1) is 7.40 Å². The number of aromatic amines is 1. The number of imidazole rings is 1. The smallest absolute Gasteiger partial charge is 0.139 e. The van der Waals surface area contributed by atoms with Crippen LogP contribution in [0.4, 0.5) is 0 Å². The van der Waals surface area contributed by atoms with E-state index >= 15 is 0 Å². The highest BCUT2D eigenvalue weighted by atomic mass is 127. The van der Waals surface area contributed by atoms with Gasteiger partial charge in [-0.1, -0.05) is 44.4 Å². The van der Waals surface area contributed by atoms with Crippen LogP contribution in [-0.4, -0.2) is 9.97 Å². The summed E-state index contributed by atoms with van der Waals surface area (Å²) < 4.78 is 2.16. The predicted molar refractivity (Wildman–Crippen MR) is 97.3 cm³/mol. The molecule has 0 spiro atoms. The third kappa shape index (κ3) is 4.44. The summed E-state index contributed by atoms with van der Waals surface area (Å²) in [4.78, 5) is 7.89. The fraction of sp³-hybridized carbons (Fsp3) is 0.400. The molecule has 4 heteroatoms. The lowest BCUT2D eigenvalue weighted by molar-refractivity contribution is 0.667. The molecule has 1 heterocycles. The molecule has 1 aromatic carbocycles. The number of hydrogen-bond acceptors (Lipinski definition) is 1. The lowest BCUT2D eigenvalue weighted by Crippen LogP contribution is -1.88. The van der Waals surface area contributed by atoms with Crippen molar-refractivity contribution in [3.05, 3.63) is 37.2 Å². The highest BCUT2D eigenvalue weighted by Gasteiger charge is 2.07. The second kappa shape index (κ2) is 7.61. The number of unbranched alkanes of at least 4 members (excludes halogenated alkanes) is 3. The minimum atomic E-state index is 0.976. The number of benzene rings is 1. The Kier molecular flexibility index (Phi) is 6.12. The third-order valence-electron chi connectivity index (χ3n) is 3.14. The van der Waals surface area contributed by atoms with E-state index in [2.05, 4.69) is 86.3 Å². The minimum absolute atomic E-state index is 0.976. The van der Waals surface area contributed by atoms with Crippen LogP contribution in [-0.2, 0) is 6.42 Å². The molecular formula is C15H18I2N2. The highest BCUT2D eigenvalue weighted by Crippen LogP contribution is 2.22. The van der Waals surface area contributed by atoms with E-state index in [1.165, 1.54) is 43.2 Å². The van der Waals surface area contributed by atoms with E-state index in [4.69, 9.17) is 0 Å². The molecule has 0 aliphatic rings. The Hall–Kier alpha value is -0.110. The Bertz CT molecular complexity index is 515. The van der Waals surface area contributed by atoms with E-state index in [1.807, 2.05) is 0 Å². The van der Waals surface area contributed by atoms with E-state index in [1.54, 1.807) is 0 Å². The topological polar surface area (TPSA) is 28.7 Å². The van der Waals surface area contributed by atoms with Crippen molar-refractivity contribution in [3.63, 3.8) is 0 Å². The second-order valence-electron chi connectivity index (χ2n) is 4.70. The Labute approximate surface area is 142 Å². The van der Waals surface area contributed by atoms with E-state index in [0.29, 0.717) is 0 Å². The number of aromatic nitrogens is 2. The Morgan fingerprint density at radius 1 is 1.16 bits per heavy atom. The van der Waals surface area contributed by atoms with E-state index in [9.17, 15) is 0 Å². The van der Waals surface area contributed by atoms with Gasteiger partial charge in [0.15, 0.2) is 0 Å². The van der Waals surface area contributed by atoms with Gasteiger partial charge in [-0.25, -0.2) is 4.98 Å². The average Bonchev–Trinajstić information content (AvgIpc) is 2.75. The van der Waals surface area contributed by atoms with Crippen molar-refractivity contribution in [1.82, 2.24) is 9.97 Å². The molecule has 1 N–H and O–H groups in total. The lowest BCUT2D eigenvalue weighted by atomic mass is 10.0. The molecule has 102 valence electrons. The van der Waals surface area contributed by atoms with Crippen molar-refractivity contribution in [3.8, 4) is 11.4 Å². The number of hydrogen-bond donors (Lipinski definition) is 1. The molecule has 2 nitrogen and oxygen atoms in total. The van der Waals surface area contributed by atoms with Crippen molar-refractivity contribution in [2.24, 2.45) is 0 Å². The fourth-order valence-corrected chi connectivity index (χ4v) is 2.85. The number of halogens is 2. The molecule has 0 saturated carbocycles. The predicted octanol–water partition coefficient (Wildman–Crippen LogP) is 5.41. The van der Waals surface area contributed by atoms with Crippen LogP contribution in [0.5, 0.6) is 0 Å². The monoisotopic (exact) mass is 480 g/mol. The van der Waals surface area contributed by atoms with E-state index < -0.39 is 0 Å². The van der Waals surface area contributed by atoms with Gasteiger partial charge >= 0.3 is 0 Å². The Morgan fingerprint density at radius 2 is 2.00 bits per heavy atom. The summed E-state index contributed by atoms with van der Waals surface area (Å²) in [7, 11) is 0. The number of rotatable bonds is 6. The molecular weight excluding hydrogens is 462 g/mol. The van der Waals surface area contributed by atoms with Crippen molar-refractivity contribution in [2.75, 3.05) is 0 Å². The average molecular weight is 480 g/mol. The van der Waals surface area contributed by atoms with E-state index in [0.717, 1.165) is 13.2 Å². The van der Waals surface area contributed by atoms with Crippen LogP contribution in [0.15, 0.2) is 24.3 Å². The zero-order chi connectivity index (χ0) is 13.7. The first-order valence-electron chi connectivity index (χ1n) is 6.71. The van der Waals surface area contributed by atoms with Gasteiger partial charge in [-0.05, 0) is 69.7 Å². The van der Waals surface area contributed by atoms with Gasteiger partial charge < -0.3 is 4.98 Å². The fourth-order valence-electron chi connectivity index (χ4n) is 2.10. The molecule has 0 unspecified atom stereocenters. The zero-order valence-electron chi connectivity index (χ0n) is 11.0. The van der Waals surface area contributed by atoms with Crippen LogP contribution >= 0.6 is 45.2 Å². The normalized spacial score (nSPS) is 10.9. The van der Waals surface area contributed by atoms with Gasteiger partial charge in [0.05, 0.1) is 0 Å². The van der Waals surface area contributed by atoms with Crippen molar-refractivity contribution in [1.29, 1.82) is 0 Å². The number of H-pyrrole nitrogens is 1. The van der Waals surface area contributed by atoms with E-state index in [-0.39, 0.29) is 0 Å². The molecule has 0 aliphatic carbocycles. The van der Waals surface area contributed by atoms with Gasteiger partial charge in [-0.2, -0.15) is 0 Å². The standard InChI is InChI=1S/C15H18I2N2/c1-2-3-4-5-7-11-8-6-9-12(10-11)15-18-13(16)14(17)19-15/h6,8-10H,2-5,7H2,1H3,(H,18,19). The lowest BCUT2D eigenvalue weighted by Gasteiger charge is -2.03. The maximum absolute atomic E-state index is 4.55. The molecule has 0 bridgehead atoms. The summed E-state index contributed by atoms with van der Waals surface area (Å²) in [6, 6.07) is 8.73. The first-order chi connectivity index (χ1) is 9.20. The van der Waals surface area contributed by atoms with Gasteiger partial charge in [-0.15, -0.1) is 0 Å². The quantitative estimate of drug-likeness (QED) is 0.435. The van der Waals surface area contributed by atoms with Crippen LogP contribution in [0.2, 0.25) is 0 Å². The van der Waals surface area contributed by atoms with Crippen LogP contribution < -0.4 is 0 Å². The SMILES string of the molecule is CCCCCCc1cccc(-c2nc(I)c(I)[nH]2)c1. The van der Waals surface area contributed by atoms with Gasteiger partial charge in [0.2, 0.25) is 0 Å². The maximum Gasteiger partial charge on any atom is 0.139 e. The zero-order valence-corrected chi connectivity index (χ0v) is 15.4. The number of nitrogens with one attached hydrogen (secondary N) is 1. The molecule has 0 aliphatic heterocycles. The Balaban J connectivity index is 2.06. The third-order valence-corrected chi connectivity index (χ3v) is 5.73. The first kappa shape index (κ1) is 15.3. The molecule has 0 radical (unpaired) electrons. The van der Waals surface area contributed by atoms with Gasteiger partial charge in [0.1, 0.15) is 13.2 Å². The van der Waals surface area contributed by atoms with Crippen molar-refractivity contribution >= 4 is 45.2 Å². The molecule has 0 fully saturated rings. The summed E-state index contributed by atoms with van der Waals surface area (Å²) in [5, 5.41) is 0. The second-order valence-corrected chi connectivity index (χ2v) is 6.80. The van der Waals surface area contributed by atoms with Crippen molar-refractivity contribution in [2.45, 2.75) is 39.0 Å². The Morgan fingerprint density at radius 3 is 2.68 bits per heavy atom. The summed E-state index contributed by atoms with van der Waals surface area (Å²) in [5.74, 6) is 0.976. The molecule has 19 heavy (non-hydrogen) atoms. The van der Waals surface area contributed by atoms with Gasteiger partial charge in [-0.3, -0.25) is 0 Å². The van der Waals surface area contributed by atoms with Gasteiger partial charge in [0, 0.05) is 5.56 Å². The summed E-state index contributed by atoms with van der Waals surface area (Å²) in [6.45, 7) is 2.25. The summed E-state index contributed by atoms with van der Waals surface area (Å²) in [6.07, 6.45) is 6.42.